The first-order valence-corrected chi connectivity index (χ1v) is 10.8. The molecule has 0 aliphatic rings. The quantitative estimate of drug-likeness (QED) is 0.399. The molecule has 0 aliphatic heterocycles. The monoisotopic (exact) mass is 485 g/mol. The second kappa shape index (κ2) is 11.4. The molecule has 0 saturated carbocycles. The van der Waals surface area contributed by atoms with E-state index in [4.69, 9.17) is 20.3 Å². The van der Waals surface area contributed by atoms with E-state index in [2.05, 4.69) is 10.3 Å². The molecule has 184 valence electrons. The van der Waals surface area contributed by atoms with E-state index in [-0.39, 0.29) is 24.5 Å². The van der Waals surface area contributed by atoms with E-state index in [1.54, 1.807) is 12.1 Å². The summed E-state index contributed by atoms with van der Waals surface area (Å²) in [6, 6.07) is 12.9. The van der Waals surface area contributed by atoms with Crippen LogP contribution in [0, 0.1) is 11.6 Å². The van der Waals surface area contributed by atoms with E-state index in [0.29, 0.717) is 23.7 Å². The third-order valence-electron chi connectivity index (χ3n) is 5.09. The Labute approximate surface area is 200 Å². The lowest BCUT2D eigenvalue weighted by atomic mass is 9.99. The average molecular weight is 485 g/mol. The van der Waals surface area contributed by atoms with Crippen LogP contribution in [0.5, 0.6) is 17.5 Å². The first kappa shape index (κ1) is 25.6. The largest absolute Gasteiger partial charge is 0.479 e. The molecule has 1 aromatic heterocycles. The number of benzene rings is 2. The Hall–Kier alpha value is -4.05. The fourth-order valence-corrected chi connectivity index (χ4v) is 3.28. The highest BCUT2D eigenvalue weighted by Gasteiger charge is 2.22. The molecule has 0 aliphatic carbocycles. The molecule has 3 aromatic rings. The Morgan fingerprint density at radius 1 is 1.06 bits per heavy atom. The zero-order valence-corrected chi connectivity index (χ0v) is 19.2. The molecule has 35 heavy (non-hydrogen) atoms. The molecule has 1 amide bonds. The van der Waals surface area contributed by atoms with Crippen LogP contribution in [0.2, 0.25) is 0 Å². The van der Waals surface area contributed by atoms with Crippen molar-refractivity contribution in [3.63, 3.8) is 0 Å². The molecule has 1 heterocycles. The number of pyridine rings is 1. The van der Waals surface area contributed by atoms with Gasteiger partial charge in [0, 0.05) is 19.7 Å². The molecular formula is C25H25F2N3O5. The maximum absolute atomic E-state index is 14.5. The number of rotatable bonds is 10. The van der Waals surface area contributed by atoms with Crippen LogP contribution in [0.15, 0.2) is 48.5 Å². The van der Waals surface area contributed by atoms with Crippen LogP contribution in [0.3, 0.4) is 0 Å². The lowest BCUT2D eigenvalue weighted by Crippen LogP contribution is -2.26. The SMILES string of the molecule is CC[C@@H](Oc1nc(Oc2cc(CC(=O)NC)cc(-c3cccc(CN)c3)c2)c(F)cc1F)C(=O)O. The number of carbonyl (C=O) groups excluding carboxylic acids is 1. The van der Waals surface area contributed by atoms with Crippen molar-refractivity contribution < 1.29 is 33.0 Å². The second-order valence-electron chi connectivity index (χ2n) is 7.64. The van der Waals surface area contributed by atoms with Crippen molar-refractivity contribution in [2.45, 2.75) is 32.4 Å². The van der Waals surface area contributed by atoms with Gasteiger partial charge in [-0.2, -0.15) is 4.98 Å². The van der Waals surface area contributed by atoms with Crippen molar-refractivity contribution >= 4 is 11.9 Å². The van der Waals surface area contributed by atoms with Crippen LogP contribution >= 0.6 is 0 Å². The van der Waals surface area contributed by atoms with Gasteiger partial charge < -0.3 is 25.6 Å². The van der Waals surface area contributed by atoms with E-state index < -0.39 is 35.5 Å². The normalized spacial score (nSPS) is 11.6. The maximum atomic E-state index is 14.5. The predicted octanol–water partition coefficient (Wildman–Crippen LogP) is 3.81. The maximum Gasteiger partial charge on any atom is 0.344 e. The van der Waals surface area contributed by atoms with Crippen LogP contribution in [0.4, 0.5) is 8.78 Å². The van der Waals surface area contributed by atoms with Gasteiger partial charge in [-0.05, 0) is 46.9 Å². The van der Waals surface area contributed by atoms with Crippen molar-refractivity contribution in [2.75, 3.05) is 7.05 Å². The number of hydrogen-bond donors (Lipinski definition) is 3. The summed E-state index contributed by atoms with van der Waals surface area (Å²) in [4.78, 5) is 26.9. The Bertz CT molecular complexity index is 1240. The topological polar surface area (TPSA) is 124 Å². The number of amides is 1. The van der Waals surface area contributed by atoms with Crippen molar-refractivity contribution in [2.24, 2.45) is 5.73 Å². The number of nitrogens with one attached hydrogen (secondary N) is 1. The van der Waals surface area contributed by atoms with Gasteiger partial charge in [0.2, 0.25) is 5.91 Å². The Kier molecular flexibility index (Phi) is 8.32. The molecule has 3 rings (SSSR count). The highest BCUT2D eigenvalue weighted by atomic mass is 19.1. The third-order valence-corrected chi connectivity index (χ3v) is 5.09. The number of carboxylic acid groups (broad SMARTS) is 1. The number of hydrogen-bond acceptors (Lipinski definition) is 6. The highest BCUT2D eigenvalue weighted by molar-refractivity contribution is 5.79. The summed E-state index contributed by atoms with van der Waals surface area (Å²) >= 11 is 0. The number of likely N-dealkylation sites (N-methyl/N-ethyl adjacent to an activating group) is 1. The lowest BCUT2D eigenvalue weighted by Gasteiger charge is -2.15. The molecule has 0 unspecified atom stereocenters. The van der Waals surface area contributed by atoms with Crippen LogP contribution in [0.25, 0.3) is 11.1 Å². The highest BCUT2D eigenvalue weighted by Crippen LogP contribution is 2.32. The molecule has 8 nitrogen and oxygen atoms in total. The van der Waals surface area contributed by atoms with Gasteiger partial charge >= 0.3 is 5.97 Å². The first-order valence-electron chi connectivity index (χ1n) is 10.8. The minimum atomic E-state index is -1.37. The average Bonchev–Trinajstić information content (AvgIpc) is 2.84. The number of carbonyl (C=O) groups is 2. The summed E-state index contributed by atoms with van der Waals surface area (Å²) in [6.07, 6.45) is -1.30. The second-order valence-corrected chi connectivity index (χ2v) is 7.64. The summed E-state index contributed by atoms with van der Waals surface area (Å²) in [5, 5.41) is 11.7. The zero-order chi connectivity index (χ0) is 25.5. The fourth-order valence-electron chi connectivity index (χ4n) is 3.28. The number of ether oxygens (including phenoxy) is 2. The van der Waals surface area contributed by atoms with Crippen molar-refractivity contribution in [1.82, 2.24) is 10.3 Å². The van der Waals surface area contributed by atoms with Gasteiger partial charge in [0.15, 0.2) is 17.7 Å². The summed E-state index contributed by atoms with van der Waals surface area (Å²) in [6.45, 7) is 1.87. The van der Waals surface area contributed by atoms with Gasteiger partial charge in [0.05, 0.1) is 6.42 Å². The van der Waals surface area contributed by atoms with Gasteiger partial charge in [-0.3, -0.25) is 4.79 Å². The minimum absolute atomic E-state index is 0.0295. The van der Waals surface area contributed by atoms with E-state index >= 15 is 0 Å². The molecular weight excluding hydrogens is 460 g/mol. The standard InChI is InChI=1S/C25H25F2N3O5/c1-3-21(25(32)33)35-24-20(27)12-19(26)23(30-24)34-18-9-15(10-22(31)29-2)8-17(11-18)16-6-4-5-14(7-16)13-28/h4-9,11-12,21H,3,10,13,28H2,1-2H3,(H,29,31)(H,32,33)/t21-/m1/s1. The lowest BCUT2D eigenvalue weighted by molar-refractivity contribution is -0.145. The number of aliphatic carboxylic acids is 1. The van der Waals surface area contributed by atoms with E-state index in [1.807, 2.05) is 24.3 Å². The summed E-state index contributed by atoms with van der Waals surface area (Å²) in [5.74, 6) is -5.01. The Morgan fingerprint density at radius 3 is 2.43 bits per heavy atom. The van der Waals surface area contributed by atoms with Crippen molar-refractivity contribution in [1.29, 1.82) is 0 Å². The minimum Gasteiger partial charge on any atom is -0.479 e. The first-order chi connectivity index (χ1) is 16.7. The van der Waals surface area contributed by atoms with Gasteiger partial charge in [0.25, 0.3) is 11.8 Å². The van der Waals surface area contributed by atoms with Crippen molar-refractivity contribution in [3.8, 4) is 28.6 Å². The van der Waals surface area contributed by atoms with E-state index in [1.165, 1.54) is 20.0 Å². The van der Waals surface area contributed by atoms with Crippen LogP contribution in [-0.4, -0.2) is 35.1 Å². The molecule has 0 spiro atoms. The van der Waals surface area contributed by atoms with Gasteiger partial charge in [-0.25, -0.2) is 13.6 Å². The third kappa shape index (κ3) is 6.51. The molecule has 0 radical (unpaired) electrons. The molecule has 10 heteroatoms. The summed E-state index contributed by atoms with van der Waals surface area (Å²) in [7, 11) is 1.51. The van der Waals surface area contributed by atoms with Crippen molar-refractivity contribution in [3.05, 3.63) is 71.3 Å². The number of carboxylic acids is 1. The van der Waals surface area contributed by atoms with Crippen LogP contribution in [0.1, 0.15) is 24.5 Å². The summed E-state index contributed by atoms with van der Waals surface area (Å²) in [5.41, 5.74) is 8.67. The molecule has 1 atom stereocenters. The molecule has 0 fully saturated rings. The van der Waals surface area contributed by atoms with Crippen LogP contribution < -0.4 is 20.5 Å². The predicted molar refractivity (Wildman–Crippen MR) is 124 cm³/mol. The van der Waals surface area contributed by atoms with Gasteiger partial charge in [0.1, 0.15) is 5.75 Å². The number of aromatic nitrogens is 1. The number of nitrogens with two attached hydrogens (primary N) is 1. The molecule has 2 aromatic carbocycles. The molecule has 4 N–H and O–H groups in total. The summed E-state index contributed by atoms with van der Waals surface area (Å²) < 4.78 is 39.4. The Balaban J connectivity index is 2.02. The number of halogens is 2. The smallest absolute Gasteiger partial charge is 0.344 e. The van der Waals surface area contributed by atoms with E-state index in [0.717, 1.165) is 11.1 Å². The Morgan fingerprint density at radius 2 is 1.77 bits per heavy atom. The van der Waals surface area contributed by atoms with Gasteiger partial charge in [-0.15, -0.1) is 0 Å². The molecule has 0 bridgehead atoms. The van der Waals surface area contributed by atoms with E-state index in [9.17, 15) is 18.4 Å². The van der Waals surface area contributed by atoms with Crippen LogP contribution in [-0.2, 0) is 22.6 Å². The van der Waals surface area contributed by atoms with Gasteiger partial charge in [-0.1, -0.05) is 31.2 Å². The fraction of sp³-hybridized carbons (Fsp3) is 0.240. The number of nitrogens with zero attached hydrogens (tertiary/aromatic N) is 1. The molecule has 0 saturated heterocycles. The zero-order valence-electron chi connectivity index (χ0n) is 19.2.